The SMILES string of the molecule is CC(C(=O)O)N1CCN(C)C(C)(C)C1. The molecule has 0 aromatic carbocycles. The second-order valence-electron chi connectivity index (χ2n) is 4.72. The first-order valence-electron chi connectivity index (χ1n) is 5.03. The van der Waals surface area contributed by atoms with Crippen LogP contribution in [0.1, 0.15) is 20.8 Å². The summed E-state index contributed by atoms with van der Waals surface area (Å²) in [6, 6.07) is -0.372. The number of hydrogen-bond acceptors (Lipinski definition) is 3. The van der Waals surface area contributed by atoms with Gasteiger partial charge in [0.1, 0.15) is 6.04 Å². The standard InChI is InChI=1S/C10H20N2O2/c1-8(9(13)14)12-6-5-11(4)10(2,3)7-12/h8H,5-7H2,1-4H3,(H,13,14). The van der Waals surface area contributed by atoms with Gasteiger partial charge in [0.2, 0.25) is 0 Å². The van der Waals surface area contributed by atoms with Crippen LogP contribution in [0.4, 0.5) is 0 Å². The average Bonchev–Trinajstić information content (AvgIpc) is 2.08. The van der Waals surface area contributed by atoms with Crippen LogP contribution in [0.5, 0.6) is 0 Å². The highest BCUT2D eigenvalue weighted by molar-refractivity contribution is 5.72. The Morgan fingerprint density at radius 2 is 2.00 bits per heavy atom. The van der Waals surface area contributed by atoms with Crippen LogP contribution in [0.25, 0.3) is 0 Å². The van der Waals surface area contributed by atoms with Crippen LogP contribution < -0.4 is 0 Å². The number of nitrogens with zero attached hydrogens (tertiary/aromatic N) is 2. The van der Waals surface area contributed by atoms with Crippen LogP contribution in [-0.4, -0.2) is 59.1 Å². The summed E-state index contributed by atoms with van der Waals surface area (Å²) in [7, 11) is 2.09. The van der Waals surface area contributed by atoms with Crippen molar-refractivity contribution in [2.75, 3.05) is 26.7 Å². The van der Waals surface area contributed by atoms with E-state index >= 15 is 0 Å². The fourth-order valence-corrected chi connectivity index (χ4v) is 1.76. The molecule has 0 radical (unpaired) electrons. The number of carbonyl (C=O) groups is 1. The van der Waals surface area contributed by atoms with E-state index in [-0.39, 0.29) is 11.6 Å². The molecule has 1 aliphatic rings. The number of carboxylic acid groups (broad SMARTS) is 1. The Labute approximate surface area is 85.5 Å². The van der Waals surface area contributed by atoms with E-state index in [0.717, 1.165) is 19.6 Å². The van der Waals surface area contributed by atoms with Gasteiger partial charge in [-0.3, -0.25) is 14.6 Å². The molecule has 1 heterocycles. The maximum absolute atomic E-state index is 10.8. The molecule has 82 valence electrons. The molecule has 1 N–H and O–H groups in total. The Balaban J connectivity index is 2.64. The molecule has 0 aliphatic carbocycles. The normalized spacial score (nSPS) is 26.0. The van der Waals surface area contributed by atoms with E-state index < -0.39 is 5.97 Å². The zero-order valence-corrected chi connectivity index (χ0v) is 9.45. The summed E-state index contributed by atoms with van der Waals surface area (Å²) in [5, 5.41) is 8.92. The summed E-state index contributed by atoms with van der Waals surface area (Å²) < 4.78 is 0. The van der Waals surface area contributed by atoms with Gasteiger partial charge in [-0.1, -0.05) is 0 Å². The van der Waals surface area contributed by atoms with Gasteiger partial charge in [-0.05, 0) is 27.8 Å². The minimum atomic E-state index is -0.731. The topological polar surface area (TPSA) is 43.8 Å². The van der Waals surface area contributed by atoms with E-state index in [9.17, 15) is 4.79 Å². The minimum absolute atomic E-state index is 0.0714. The molecule has 4 nitrogen and oxygen atoms in total. The molecule has 0 spiro atoms. The molecule has 14 heavy (non-hydrogen) atoms. The van der Waals surface area contributed by atoms with E-state index in [1.165, 1.54) is 0 Å². The van der Waals surface area contributed by atoms with Crippen LogP contribution in [-0.2, 0) is 4.79 Å². The molecular weight excluding hydrogens is 180 g/mol. The van der Waals surface area contributed by atoms with Crippen molar-refractivity contribution < 1.29 is 9.90 Å². The summed E-state index contributed by atoms with van der Waals surface area (Å²) in [4.78, 5) is 15.1. The lowest BCUT2D eigenvalue weighted by atomic mass is 9.98. The molecule has 1 rings (SSSR count). The van der Waals surface area contributed by atoms with Crippen molar-refractivity contribution in [2.24, 2.45) is 0 Å². The van der Waals surface area contributed by atoms with Gasteiger partial charge in [0, 0.05) is 25.2 Å². The zero-order valence-electron chi connectivity index (χ0n) is 9.45. The molecule has 0 aromatic rings. The van der Waals surface area contributed by atoms with Crippen LogP contribution in [0.15, 0.2) is 0 Å². The Bertz CT molecular complexity index is 228. The van der Waals surface area contributed by atoms with Gasteiger partial charge >= 0.3 is 5.97 Å². The Morgan fingerprint density at radius 3 is 2.43 bits per heavy atom. The highest BCUT2D eigenvalue weighted by Crippen LogP contribution is 2.20. The average molecular weight is 200 g/mol. The number of likely N-dealkylation sites (N-methyl/N-ethyl adjacent to an activating group) is 1. The third-order valence-electron chi connectivity index (χ3n) is 3.25. The number of aliphatic carboxylic acids is 1. The molecule has 1 aliphatic heterocycles. The van der Waals surface area contributed by atoms with Crippen molar-refractivity contribution in [3.8, 4) is 0 Å². The van der Waals surface area contributed by atoms with Gasteiger partial charge in [0.25, 0.3) is 0 Å². The van der Waals surface area contributed by atoms with Crippen LogP contribution in [0.3, 0.4) is 0 Å². The van der Waals surface area contributed by atoms with E-state index in [2.05, 4.69) is 25.8 Å². The predicted molar refractivity (Wildman–Crippen MR) is 55.4 cm³/mol. The van der Waals surface area contributed by atoms with E-state index in [0.29, 0.717) is 0 Å². The number of hydrogen-bond donors (Lipinski definition) is 1. The molecule has 4 heteroatoms. The van der Waals surface area contributed by atoms with E-state index in [1.807, 2.05) is 4.90 Å². The van der Waals surface area contributed by atoms with Gasteiger partial charge in [-0.2, -0.15) is 0 Å². The molecular formula is C10H20N2O2. The summed E-state index contributed by atoms with van der Waals surface area (Å²) in [6.45, 7) is 8.64. The van der Waals surface area contributed by atoms with Gasteiger partial charge in [0.05, 0.1) is 0 Å². The third-order valence-corrected chi connectivity index (χ3v) is 3.25. The second kappa shape index (κ2) is 3.87. The molecule has 1 unspecified atom stereocenters. The van der Waals surface area contributed by atoms with Crippen molar-refractivity contribution >= 4 is 5.97 Å². The Morgan fingerprint density at radius 1 is 1.43 bits per heavy atom. The van der Waals surface area contributed by atoms with Crippen LogP contribution in [0.2, 0.25) is 0 Å². The molecule has 1 saturated heterocycles. The highest BCUT2D eigenvalue weighted by atomic mass is 16.4. The smallest absolute Gasteiger partial charge is 0.320 e. The first kappa shape index (κ1) is 11.5. The second-order valence-corrected chi connectivity index (χ2v) is 4.72. The lowest BCUT2D eigenvalue weighted by molar-refractivity contribution is -0.144. The van der Waals surface area contributed by atoms with Crippen LogP contribution >= 0.6 is 0 Å². The summed E-state index contributed by atoms with van der Waals surface area (Å²) in [5.41, 5.74) is 0.0714. The largest absolute Gasteiger partial charge is 0.480 e. The lowest BCUT2D eigenvalue weighted by Gasteiger charge is -2.46. The molecule has 0 aromatic heterocycles. The maximum atomic E-state index is 10.8. The first-order valence-corrected chi connectivity index (χ1v) is 5.03. The molecule has 0 amide bonds. The number of carboxylic acids is 1. The van der Waals surface area contributed by atoms with Crippen molar-refractivity contribution in [1.29, 1.82) is 0 Å². The maximum Gasteiger partial charge on any atom is 0.320 e. The van der Waals surface area contributed by atoms with Crippen molar-refractivity contribution in [3.63, 3.8) is 0 Å². The number of piperazine rings is 1. The van der Waals surface area contributed by atoms with E-state index in [1.54, 1.807) is 6.92 Å². The van der Waals surface area contributed by atoms with Crippen molar-refractivity contribution in [3.05, 3.63) is 0 Å². The van der Waals surface area contributed by atoms with Gasteiger partial charge in [0.15, 0.2) is 0 Å². The van der Waals surface area contributed by atoms with Crippen molar-refractivity contribution in [1.82, 2.24) is 9.80 Å². The molecule has 0 bridgehead atoms. The van der Waals surface area contributed by atoms with Gasteiger partial charge < -0.3 is 5.11 Å². The fourth-order valence-electron chi connectivity index (χ4n) is 1.76. The monoisotopic (exact) mass is 200 g/mol. The number of rotatable bonds is 2. The van der Waals surface area contributed by atoms with Crippen molar-refractivity contribution in [2.45, 2.75) is 32.4 Å². The Hall–Kier alpha value is -0.610. The molecule has 0 saturated carbocycles. The zero-order chi connectivity index (χ0) is 10.9. The molecule has 1 fully saturated rings. The Kier molecular flexibility index (Phi) is 3.17. The quantitative estimate of drug-likeness (QED) is 0.704. The van der Waals surface area contributed by atoms with Crippen LogP contribution in [0, 0.1) is 0 Å². The third kappa shape index (κ3) is 2.25. The van der Waals surface area contributed by atoms with Gasteiger partial charge in [-0.15, -0.1) is 0 Å². The van der Waals surface area contributed by atoms with E-state index in [4.69, 9.17) is 5.11 Å². The highest BCUT2D eigenvalue weighted by Gasteiger charge is 2.34. The summed E-state index contributed by atoms with van der Waals surface area (Å²) in [6.07, 6.45) is 0. The summed E-state index contributed by atoms with van der Waals surface area (Å²) in [5.74, 6) is -0.731. The first-order chi connectivity index (χ1) is 6.34. The molecule has 1 atom stereocenters. The van der Waals surface area contributed by atoms with Gasteiger partial charge in [-0.25, -0.2) is 0 Å². The fraction of sp³-hybridized carbons (Fsp3) is 0.900. The summed E-state index contributed by atoms with van der Waals surface area (Å²) >= 11 is 0. The lowest BCUT2D eigenvalue weighted by Crippen LogP contribution is -2.60. The predicted octanol–water partition coefficient (Wildman–Crippen LogP) is 0.486. The minimum Gasteiger partial charge on any atom is -0.480 e.